The number of hydrogen-bond acceptors (Lipinski definition) is 6. The number of halogens is 4. The standard InChI is InChI=1S/C20H18ClF3N4O6S/c21-15-4-3-14(35-15)18(31)25-8-12(27-19(32)33)17(30)26-10-1-2-13(11(7-10)20(22,23)24)28-5-6-34-9-16(28)29/h1-4,7,12,27H,5-6,8-9H2,(H,25,31)(H,26,30)(H,32,33)/t12-/m1/s1. The van der Waals surface area contributed by atoms with Crippen molar-refractivity contribution >= 4 is 58.1 Å². The fourth-order valence-corrected chi connectivity index (χ4v) is 4.11. The van der Waals surface area contributed by atoms with Gasteiger partial charge in [0.25, 0.3) is 11.8 Å². The number of nitrogens with zero attached hydrogens (tertiary/aromatic N) is 1. The molecule has 1 saturated heterocycles. The van der Waals surface area contributed by atoms with Crippen LogP contribution in [0.1, 0.15) is 15.2 Å². The molecule has 0 aliphatic carbocycles. The van der Waals surface area contributed by atoms with Gasteiger partial charge in [-0.3, -0.25) is 14.4 Å². The molecule has 10 nitrogen and oxygen atoms in total. The van der Waals surface area contributed by atoms with E-state index in [4.69, 9.17) is 21.4 Å². The molecule has 4 amide bonds. The SMILES string of the molecule is O=C(O)N[C@H](CNC(=O)c1ccc(Cl)s1)C(=O)Nc1ccc(N2CCOCC2=O)c(C(F)(F)F)c1. The maximum atomic E-state index is 13.7. The van der Waals surface area contributed by atoms with E-state index in [1.54, 1.807) is 0 Å². The zero-order valence-corrected chi connectivity index (χ0v) is 19.2. The second kappa shape index (κ2) is 10.9. The van der Waals surface area contributed by atoms with Crippen molar-refractivity contribution in [1.29, 1.82) is 0 Å². The van der Waals surface area contributed by atoms with Crippen LogP contribution in [0.25, 0.3) is 0 Å². The molecule has 2 heterocycles. The Morgan fingerprint density at radius 1 is 1.23 bits per heavy atom. The van der Waals surface area contributed by atoms with Crippen LogP contribution in [0, 0.1) is 0 Å². The largest absolute Gasteiger partial charge is 0.465 e. The highest BCUT2D eigenvalue weighted by Crippen LogP contribution is 2.38. The average molecular weight is 535 g/mol. The van der Waals surface area contributed by atoms with Crippen LogP contribution in [0.2, 0.25) is 4.34 Å². The summed E-state index contributed by atoms with van der Waals surface area (Å²) in [7, 11) is 0. The van der Waals surface area contributed by atoms with Gasteiger partial charge in [0, 0.05) is 18.8 Å². The van der Waals surface area contributed by atoms with Gasteiger partial charge < -0.3 is 30.7 Å². The number of amides is 4. The Bertz CT molecular complexity index is 1140. The summed E-state index contributed by atoms with van der Waals surface area (Å²) in [4.78, 5) is 49.1. The van der Waals surface area contributed by atoms with E-state index in [1.165, 1.54) is 12.1 Å². The van der Waals surface area contributed by atoms with Crippen LogP contribution in [0.3, 0.4) is 0 Å². The monoisotopic (exact) mass is 534 g/mol. The van der Waals surface area contributed by atoms with Crippen LogP contribution in [0.4, 0.5) is 29.3 Å². The molecular weight excluding hydrogens is 517 g/mol. The van der Waals surface area contributed by atoms with Gasteiger partial charge >= 0.3 is 12.3 Å². The zero-order chi connectivity index (χ0) is 25.8. The molecule has 0 unspecified atom stereocenters. The molecule has 0 saturated carbocycles. The van der Waals surface area contributed by atoms with E-state index in [-0.39, 0.29) is 30.3 Å². The van der Waals surface area contributed by atoms with Crippen LogP contribution in [0.15, 0.2) is 30.3 Å². The highest BCUT2D eigenvalue weighted by atomic mass is 35.5. The molecule has 3 rings (SSSR count). The first kappa shape index (κ1) is 26.2. The van der Waals surface area contributed by atoms with Crippen molar-refractivity contribution in [3.05, 3.63) is 45.1 Å². The first-order valence-corrected chi connectivity index (χ1v) is 11.1. The van der Waals surface area contributed by atoms with E-state index in [2.05, 4.69) is 10.6 Å². The molecule has 1 aromatic carbocycles. The van der Waals surface area contributed by atoms with Gasteiger partial charge in [-0.15, -0.1) is 11.3 Å². The van der Waals surface area contributed by atoms with Crippen molar-refractivity contribution in [1.82, 2.24) is 10.6 Å². The third kappa shape index (κ3) is 6.83. The number of carboxylic acid groups (broad SMARTS) is 1. The summed E-state index contributed by atoms with van der Waals surface area (Å²) >= 11 is 6.73. The van der Waals surface area contributed by atoms with Crippen molar-refractivity contribution in [3.63, 3.8) is 0 Å². The lowest BCUT2D eigenvalue weighted by Crippen LogP contribution is -2.50. The fourth-order valence-electron chi connectivity index (χ4n) is 3.15. The van der Waals surface area contributed by atoms with Crippen molar-refractivity contribution in [2.24, 2.45) is 0 Å². The Balaban J connectivity index is 1.77. The molecule has 1 aliphatic rings. The first-order chi connectivity index (χ1) is 16.5. The van der Waals surface area contributed by atoms with Crippen molar-refractivity contribution in [2.75, 3.05) is 36.5 Å². The van der Waals surface area contributed by atoms with E-state index in [0.29, 0.717) is 10.4 Å². The molecule has 1 aliphatic heterocycles. The van der Waals surface area contributed by atoms with Crippen LogP contribution in [-0.2, 0) is 20.5 Å². The van der Waals surface area contributed by atoms with Gasteiger partial charge in [0.1, 0.15) is 12.6 Å². The number of nitrogens with one attached hydrogen (secondary N) is 3. The summed E-state index contributed by atoms with van der Waals surface area (Å²) in [6.07, 6.45) is -6.45. The Kier molecular flexibility index (Phi) is 8.19. The average Bonchev–Trinajstić information content (AvgIpc) is 3.22. The maximum Gasteiger partial charge on any atom is 0.418 e. The Morgan fingerprint density at radius 2 is 1.97 bits per heavy atom. The van der Waals surface area contributed by atoms with E-state index in [0.717, 1.165) is 28.4 Å². The molecule has 1 atom stereocenters. The number of carbonyl (C=O) groups excluding carboxylic acids is 3. The number of rotatable bonds is 7. The number of thiophene rings is 1. The van der Waals surface area contributed by atoms with Gasteiger partial charge in [-0.2, -0.15) is 13.2 Å². The number of carbonyl (C=O) groups is 4. The molecule has 0 spiro atoms. The Hall–Kier alpha value is -3.36. The summed E-state index contributed by atoms with van der Waals surface area (Å²) in [6, 6.07) is 4.20. The van der Waals surface area contributed by atoms with Gasteiger partial charge in [0.2, 0.25) is 5.91 Å². The molecule has 4 N–H and O–H groups in total. The quantitative estimate of drug-likeness (QED) is 0.431. The smallest absolute Gasteiger partial charge is 0.418 e. The third-order valence-electron chi connectivity index (χ3n) is 4.72. The van der Waals surface area contributed by atoms with E-state index in [1.807, 2.05) is 5.32 Å². The molecule has 0 bridgehead atoms. The number of morpholine rings is 1. The summed E-state index contributed by atoms with van der Waals surface area (Å²) in [5, 5.41) is 15.5. The maximum absolute atomic E-state index is 13.7. The number of alkyl halides is 3. The minimum absolute atomic E-state index is 0.0630. The van der Waals surface area contributed by atoms with Gasteiger partial charge in [-0.1, -0.05) is 11.6 Å². The van der Waals surface area contributed by atoms with Crippen molar-refractivity contribution in [3.8, 4) is 0 Å². The van der Waals surface area contributed by atoms with Crippen LogP contribution in [0.5, 0.6) is 0 Å². The summed E-state index contributed by atoms with van der Waals surface area (Å²) in [5.41, 5.74) is -1.86. The fraction of sp³-hybridized carbons (Fsp3) is 0.300. The lowest BCUT2D eigenvalue weighted by atomic mass is 10.1. The minimum Gasteiger partial charge on any atom is -0.465 e. The van der Waals surface area contributed by atoms with Crippen LogP contribution < -0.4 is 20.9 Å². The van der Waals surface area contributed by atoms with Crippen LogP contribution in [-0.4, -0.2) is 61.3 Å². The minimum atomic E-state index is -4.86. The second-order valence-electron chi connectivity index (χ2n) is 7.13. The van der Waals surface area contributed by atoms with Crippen molar-refractivity contribution < 1.29 is 42.2 Å². The predicted octanol–water partition coefficient (Wildman–Crippen LogP) is 2.79. The number of benzene rings is 1. The molecule has 1 fully saturated rings. The number of ether oxygens (including phenoxy) is 1. The second-order valence-corrected chi connectivity index (χ2v) is 8.85. The van der Waals surface area contributed by atoms with Crippen molar-refractivity contribution in [2.45, 2.75) is 12.2 Å². The topological polar surface area (TPSA) is 137 Å². The first-order valence-electron chi connectivity index (χ1n) is 9.89. The highest BCUT2D eigenvalue weighted by Gasteiger charge is 2.37. The van der Waals surface area contributed by atoms with Gasteiger partial charge in [-0.25, -0.2) is 4.79 Å². The predicted molar refractivity (Wildman–Crippen MR) is 120 cm³/mol. The van der Waals surface area contributed by atoms with Gasteiger partial charge in [-0.05, 0) is 30.3 Å². The lowest BCUT2D eigenvalue weighted by Gasteiger charge is -2.29. The molecule has 1 aromatic heterocycles. The van der Waals surface area contributed by atoms with Crippen LogP contribution >= 0.6 is 22.9 Å². The van der Waals surface area contributed by atoms with E-state index >= 15 is 0 Å². The highest BCUT2D eigenvalue weighted by molar-refractivity contribution is 7.18. The molecule has 0 radical (unpaired) electrons. The normalized spacial score (nSPS) is 14.9. The summed E-state index contributed by atoms with van der Waals surface area (Å²) in [5.74, 6) is -2.28. The zero-order valence-electron chi connectivity index (χ0n) is 17.6. The summed E-state index contributed by atoms with van der Waals surface area (Å²) in [6.45, 7) is -0.860. The van der Waals surface area contributed by atoms with Gasteiger partial charge in [0.05, 0.1) is 27.1 Å². The summed E-state index contributed by atoms with van der Waals surface area (Å²) < 4.78 is 46.5. The lowest BCUT2D eigenvalue weighted by molar-refractivity contribution is -0.137. The number of hydrogen-bond donors (Lipinski definition) is 4. The Labute approximate surface area is 205 Å². The molecule has 2 aromatic rings. The molecule has 35 heavy (non-hydrogen) atoms. The van der Waals surface area contributed by atoms with E-state index < -0.39 is 53.8 Å². The molecule has 188 valence electrons. The van der Waals surface area contributed by atoms with Gasteiger partial charge in [0.15, 0.2) is 0 Å². The molecule has 15 heteroatoms. The number of anilines is 2. The third-order valence-corrected chi connectivity index (χ3v) is 5.95. The van der Waals surface area contributed by atoms with E-state index in [9.17, 15) is 32.3 Å². The molecular formula is C20H18ClF3N4O6S. The Morgan fingerprint density at radius 3 is 2.57 bits per heavy atom.